The number of hydrogen-bond donors (Lipinski definition) is 1. The summed E-state index contributed by atoms with van der Waals surface area (Å²) in [5.74, 6) is -0.645. The Morgan fingerprint density at radius 1 is 1.46 bits per heavy atom. The molecule has 2 aromatic rings. The zero-order valence-electron chi connectivity index (χ0n) is 6.31. The molecule has 0 bridgehead atoms. The Morgan fingerprint density at radius 2 is 2.15 bits per heavy atom. The summed E-state index contributed by atoms with van der Waals surface area (Å²) in [5.41, 5.74) is 0.101. The van der Waals surface area contributed by atoms with Gasteiger partial charge in [-0.05, 0) is 15.9 Å². The fourth-order valence-electron chi connectivity index (χ4n) is 1.01. The van der Waals surface area contributed by atoms with Crippen LogP contribution in [0.2, 0.25) is 0 Å². The lowest BCUT2D eigenvalue weighted by molar-refractivity contribution is 0.0689. The van der Waals surface area contributed by atoms with Crippen molar-refractivity contribution in [1.29, 1.82) is 0 Å². The molecule has 13 heavy (non-hydrogen) atoms. The zero-order valence-corrected chi connectivity index (χ0v) is 7.89. The number of hydrogen-bond acceptors (Lipinski definition) is 3. The highest BCUT2D eigenvalue weighted by atomic mass is 79.9. The van der Waals surface area contributed by atoms with Crippen molar-refractivity contribution in [3.63, 3.8) is 0 Å². The molecule has 5 nitrogen and oxygen atoms in total. The second kappa shape index (κ2) is 2.81. The molecule has 0 amide bonds. The number of carbonyl (C=O) groups is 1. The van der Waals surface area contributed by atoms with Crippen molar-refractivity contribution < 1.29 is 9.90 Å². The van der Waals surface area contributed by atoms with E-state index in [0.29, 0.717) is 10.3 Å². The van der Waals surface area contributed by atoms with Crippen LogP contribution in [0.25, 0.3) is 5.78 Å². The molecule has 0 aliphatic rings. The number of imidazole rings is 1. The summed E-state index contributed by atoms with van der Waals surface area (Å²) >= 11 is 3.20. The maximum Gasteiger partial charge on any atom is 0.354 e. The van der Waals surface area contributed by atoms with E-state index in [2.05, 4.69) is 25.9 Å². The normalized spacial score (nSPS) is 10.5. The summed E-state index contributed by atoms with van der Waals surface area (Å²) in [4.78, 5) is 18.4. The Labute approximate surface area is 81.2 Å². The molecule has 1 N–H and O–H groups in total. The Balaban J connectivity index is 2.79. The van der Waals surface area contributed by atoms with Gasteiger partial charge in [0.25, 0.3) is 0 Å². The summed E-state index contributed by atoms with van der Waals surface area (Å²) < 4.78 is 2.12. The third-order valence-corrected chi connectivity index (χ3v) is 1.96. The molecule has 0 aromatic carbocycles. The van der Waals surface area contributed by atoms with Crippen LogP contribution >= 0.6 is 15.9 Å². The average Bonchev–Trinajstić information content (AvgIpc) is 2.46. The van der Waals surface area contributed by atoms with Crippen LogP contribution in [-0.2, 0) is 0 Å². The Hall–Kier alpha value is -1.43. The smallest absolute Gasteiger partial charge is 0.354 e. The fourth-order valence-corrected chi connectivity index (χ4v) is 1.32. The molecule has 0 unspecified atom stereocenters. The molecule has 6 heteroatoms. The van der Waals surface area contributed by atoms with Crippen LogP contribution in [0.1, 0.15) is 10.5 Å². The van der Waals surface area contributed by atoms with Crippen LogP contribution in [0.5, 0.6) is 0 Å². The minimum absolute atomic E-state index is 0.101. The number of carboxylic acid groups (broad SMARTS) is 1. The first-order chi connectivity index (χ1) is 6.18. The van der Waals surface area contributed by atoms with E-state index in [0.717, 1.165) is 0 Å². The number of rotatable bonds is 1. The predicted octanol–water partition coefficient (Wildman–Crippen LogP) is 1.19. The van der Waals surface area contributed by atoms with Crippen LogP contribution in [-0.4, -0.2) is 25.4 Å². The zero-order chi connectivity index (χ0) is 9.42. The van der Waals surface area contributed by atoms with E-state index in [-0.39, 0.29) is 5.69 Å². The van der Waals surface area contributed by atoms with Crippen LogP contribution in [0.4, 0.5) is 0 Å². The number of nitrogens with zero attached hydrogens (tertiary/aromatic N) is 3. The van der Waals surface area contributed by atoms with E-state index < -0.39 is 5.97 Å². The SMILES string of the molecule is O=C(O)c1cnc2ncc(Br)cn12. The lowest BCUT2D eigenvalue weighted by Gasteiger charge is -1.95. The van der Waals surface area contributed by atoms with Crippen molar-refractivity contribution in [2.75, 3.05) is 0 Å². The van der Waals surface area contributed by atoms with E-state index >= 15 is 0 Å². The third kappa shape index (κ3) is 1.29. The van der Waals surface area contributed by atoms with Gasteiger partial charge in [-0.2, -0.15) is 0 Å². The van der Waals surface area contributed by atoms with Gasteiger partial charge in [0.1, 0.15) is 0 Å². The van der Waals surface area contributed by atoms with E-state index in [9.17, 15) is 4.79 Å². The van der Waals surface area contributed by atoms with Gasteiger partial charge < -0.3 is 5.11 Å². The molecule has 0 fully saturated rings. The number of carboxylic acids is 1. The molecule has 0 aliphatic carbocycles. The Bertz CT molecular complexity index is 480. The summed E-state index contributed by atoms with van der Waals surface area (Å²) in [6, 6.07) is 0. The molecule has 66 valence electrons. The quantitative estimate of drug-likeness (QED) is 0.815. The molecule has 0 saturated carbocycles. The fraction of sp³-hybridized carbons (Fsp3) is 0. The van der Waals surface area contributed by atoms with E-state index in [1.54, 1.807) is 12.4 Å². The molecule has 0 saturated heterocycles. The molecule has 0 aliphatic heterocycles. The molecule has 0 atom stereocenters. The van der Waals surface area contributed by atoms with Crippen LogP contribution in [0, 0.1) is 0 Å². The van der Waals surface area contributed by atoms with Gasteiger partial charge in [-0.1, -0.05) is 0 Å². The lowest BCUT2D eigenvalue weighted by Crippen LogP contribution is -2.01. The van der Waals surface area contributed by atoms with Gasteiger partial charge in [-0.15, -0.1) is 0 Å². The number of aromatic carboxylic acids is 1. The Morgan fingerprint density at radius 3 is 2.85 bits per heavy atom. The van der Waals surface area contributed by atoms with Crippen molar-refractivity contribution in [2.45, 2.75) is 0 Å². The van der Waals surface area contributed by atoms with Crippen molar-refractivity contribution in [1.82, 2.24) is 14.4 Å². The monoisotopic (exact) mass is 241 g/mol. The first-order valence-corrected chi connectivity index (χ1v) is 4.19. The second-order valence-corrected chi connectivity index (χ2v) is 3.31. The van der Waals surface area contributed by atoms with E-state index in [4.69, 9.17) is 5.11 Å². The molecular weight excluding hydrogens is 238 g/mol. The maximum absolute atomic E-state index is 10.7. The van der Waals surface area contributed by atoms with Gasteiger partial charge in [0, 0.05) is 12.4 Å². The van der Waals surface area contributed by atoms with Gasteiger partial charge in [0.2, 0.25) is 5.78 Å². The first-order valence-electron chi connectivity index (χ1n) is 3.40. The number of halogens is 1. The molecular formula is C7H4BrN3O2. The summed E-state index contributed by atoms with van der Waals surface area (Å²) in [7, 11) is 0. The van der Waals surface area contributed by atoms with Gasteiger partial charge in [-0.25, -0.2) is 14.8 Å². The molecule has 2 heterocycles. The third-order valence-electron chi connectivity index (χ3n) is 1.55. The van der Waals surface area contributed by atoms with Gasteiger partial charge in [0.15, 0.2) is 5.69 Å². The van der Waals surface area contributed by atoms with Crippen LogP contribution in [0.3, 0.4) is 0 Å². The van der Waals surface area contributed by atoms with Gasteiger partial charge >= 0.3 is 5.97 Å². The molecule has 2 rings (SSSR count). The maximum atomic E-state index is 10.7. The van der Waals surface area contributed by atoms with Crippen molar-refractivity contribution in [3.8, 4) is 0 Å². The number of aromatic nitrogens is 3. The second-order valence-electron chi connectivity index (χ2n) is 2.39. The molecule has 2 aromatic heterocycles. The summed E-state index contributed by atoms with van der Waals surface area (Å²) in [6.45, 7) is 0. The van der Waals surface area contributed by atoms with E-state index in [1.165, 1.54) is 10.6 Å². The minimum Gasteiger partial charge on any atom is -0.477 e. The summed E-state index contributed by atoms with van der Waals surface area (Å²) in [6.07, 6.45) is 4.45. The van der Waals surface area contributed by atoms with Crippen LogP contribution < -0.4 is 0 Å². The van der Waals surface area contributed by atoms with Gasteiger partial charge in [0.05, 0.1) is 10.7 Å². The highest BCUT2D eigenvalue weighted by Gasteiger charge is 2.10. The highest BCUT2D eigenvalue weighted by Crippen LogP contribution is 2.10. The predicted molar refractivity (Wildman–Crippen MR) is 47.6 cm³/mol. The average molecular weight is 242 g/mol. The highest BCUT2D eigenvalue weighted by molar-refractivity contribution is 9.10. The molecule has 0 spiro atoms. The summed E-state index contributed by atoms with van der Waals surface area (Å²) in [5, 5.41) is 8.76. The van der Waals surface area contributed by atoms with Gasteiger partial charge in [-0.3, -0.25) is 4.40 Å². The van der Waals surface area contributed by atoms with Crippen molar-refractivity contribution in [2.24, 2.45) is 0 Å². The van der Waals surface area contributed by atoms with E-state index in [1.807, 2.05) is 0 Å². The number of fused-ring (bicyclic) bond motifs is 1. The van der Waals surface area contributed by atoms with Crippen molar-refractivity contribution in [3.05, 3.63) is 28.8 Å². The Kier molecular flexibility index (Phi) is 1.77. The largest absolute Gasteiger partial charge is 0.477 e. The standard InChI is InChI=1S/C7H4BrN3O2/c8-4-1-9-7-10-2-5(6(12)13)11(7)3-4/h1-3H,(H,12,13). The minimum atomic E-state index is -1.02. The lowest BCUT2D eigenvalue weighted by atomic mass is 10.5. The van der Waals surface area contributed by atoms with Crippen molar-refractivity contribution >= 4 is 27.7 Å². The first kappa shape index (κ1) is 8.18. The topological polar surface area (TPSA) is 67.5 Å². The van der Waals surface area contributed by atoms with Crippen LogP contribution in [0.15, 0.2) is 23.1 Å². The molecule has 0 radical (unpaired) electrons.